The van der Waals surface area contributed by atoms with Gasteiger partial charge in [-0.3, -0.25) is 18.7 Å². The number of hydrogen-bond donors (Lipinski definition) is 1. The number of aryl methyl sites for hydroxylation is 1. The second kappa shape index (κ2) is 2.91. The first-order valence-corrected chi connectivity index (χ1v) is 4.17. The van der Waals surface area contributed by atoms with Crippen molar-refractivity contribution in [2.45, 2.75) is 0 Å². The highest BCUT2D eigenvalue weighted by molar-refractivity contribution is 5.75. The normalized spacial score (nSPS) is 10.8. The molecule has 1 N–H and O–H groups in total. The van der Waals surface area contributed by atoms with Crippen LogP contribution in [0.2, 0.25) is 0 Å². The molecule has 0 aliphatic carbocycles. The van der Waals surface area contributed by atoms with E-state index in [1.807, 2.05) is 0 Å². The quantitative estimate of drug-likeness (QED) is 0.560. The van der Waals surface area contributed by atoms with E-state index in [1.54, 1.807) is 0 Å². The van der Waals surface area contributed by atoms with Gasteiger partial charge in [0, 0.05) is 14.1 Å². The molecule has 7 nitrogen and oxygen atoms in total. The van der Waals surface area contributed by atoms with Crippen LogP contribution in [0.1, 0.15) is 0 Å². The Balaban J connectivity index is 3.31. The van der Waals surface area contributed by atoms with Crippen molar-refractivity contribution in [3.8, 4) is 0 Å². The Morgan fingerprint density at radius 2 is 1.87 bits per heavy atom. The van der Waals surface area contributed by atoms with E-state index in [2.05, 4.69) is 10.2 Å². The maximum absolute atomic E-state index is 11.6. The lowest BCUT2D eigenvalue weighted by Gasteiger charge is -2.04. The highest BCUT2D eigenvalue weighted by Gasteiger charge is 2.10. The Bertz CT molecular complexity index is 706. The van der Waals surface area contributed by atoms with Gasteiger partial charge in [0.2, 0.25) is 0 Å². The topological polar surface area (TPSA) is 89.8 Å². The van der Waals surface area contributed by atoms with Crippen molar-refractivity contribution in [3.05, 3.63) is 37.4 Å². The molecule has 0 radical (unpaired) electrons. The summed E-state index contributed by atoms with van der Waals surface area (Å²) in [6, 6.07) is 0. The van der Waals surface area contributed by atoms with Gasteiger partial charge >= 0.3 is 5.69 Å². The molecular formula is C8H8N4O3. The molecule has 0 saturated carbocycles. The van der Waals surface area contributed by atoms with Gasteiger partial charge in [0.1, 0.15) is 5.39 Å². The van der Waals surface area contributed by atoms with Gasteiger partial charge < -0.3 is 0 Å². The SMILES string of the molecule is Cn1c(=O)c2c(=O)[nH]ncc2n(C)c1=O. The van der Waals surface area contributed by atoms with E-state index in [9.17, 15) is 14.4 Å². The number of H-pyrrole nitrogens is 1. The maximum atomic E-state index is 11.6. The van der Waals surface area contributed by atoms with E-state index in [-0.39, 0.29) is 10.9 Å². The van der Waals surface area contributed by atoms with Crippen LogP contribution in [-0.2, 0) is 14.1 Å². The minimum atomic E-state index is -0.614. The zero-order valence-corrected chi connectivity index (χ0v) is 8.14. The van der Waals surface area contributed by atoms with Crippen molar-refractivity contribution in [1.82, 2.24) is 19.3 Å². The van der Waals surface area contributed by atoms with Crippen LogP contribution in [0.4, 0.5) is 0 Å². The third kappa shape index (κ3) is 1.13. The van der Waals surface area contributed by atoms with Crippen LogP contribution in [0, 0.1) is 0 Å². The highest BCUT2D eigenvalue weighted by atomic mass is 16.2. The molecule has 0 aromatic carbocycles. The molecule has 0 amide bonds. The lowest BCUT2D eigenvalue weighted by molar-refractivity contribution is 0.709. The molecule has 0 unspecified atom stereocenters. The summed E-state index contributed by atoms with van der Waals surface area (Å²) in [6.45, 7) is 0. The number of aromatic nitrogens is 4. The molecule has 2 aromatic rings. The monoisotopic (exact) mass is 208 g/mol. The molecule has 0 aliphatic rings. The molecule has 0 fully saturated rings. The van der Waals surface area contributed by atoms with Crippen LogP contribution < -0.4 is 16.8 Å². The third-order valence-corrected chi connectivity index (χ3v) is 2.29. The van der Waals surface area contributed by atoms with E-state index >= 15 is 0 Å². The summed E-state index contributed by atoms with van der Waals surface area (Å²) in [6.07, 6.45) is 1.28. The summed E-state index contributed by atoms with van der Waals surface area (Å²) in [5.74, 6) is 0. The van der Waals surface area contributed by atoms with E-state index in [0.717, 1.165) is 4.57 Å². The number of hydrogen-bond acceptors (Lipinski definition) is 4. The van der Waals surface area contributed by atoms with Gasteiger partial charge in [-0.05, 0) is 0 Å². The van der Waals surface area contributed by atoms with Crippen LogP contribution in [0.25, 0.3) is 10.9 Å². The van der Waals surface area contributed by atoms with Gasteiger partial charge in [0.15, 0.2) is 0 Å². The van der Waals surface area contributed by atoms with Gasteiger partial charge in [-0.15, -0.1) is 0 Å². The molecule has 2 heterocycles. The molecule has 2 rings (SSSR count). The van der Waals surface area contributed by atoms with Crippen molar-refractivity contribution < 1.29 is 0 Å². The van der Waals surface area contributed by atoms with Gasteiger partial charge in [-0.2, -0.15) is 5.10 Å². The zero-order valence-electron chi connectivity index (χ0n) is 8.14. The first kappa shape index (κ1) is 9.38. The van der Waals surface area contributed by atoms with E-state index < -0.39 is 16.8 Å². The van der Waals surface area contributed by atoms with E-state index in [0.29, 0.717) is 0 Å². The summed E-state index contributed by atoms with van der Waals surface area (Å²) in [7, 11) is 2.80. The van der Waals surface area contributed by atoms with Gasteiger partial charge in [0.25, 0.3) is 11.1 Å². The van der Waals surface area contributed by atoms with Gasteiger partial charge in [-0.25, -0.2) is 9.89 Å². The summed E-state index contributed by atoms with van der Waals surface area (Å²) in [5, 5.41) is 5.63. The number of rotatable bonds is 0. The molecule has 78 valence electrons. The number of nitrogens with zero attached hydrogens (tertiary/aromatic N) is 3. The Labute approximate surface area is 82.6 Å². The summed E-state index contributed by atoms with van der Waals surface area (Å²) in [4.78, 5) is 34.5. The molecular weight excluding hydrogens is 200 g/mol. The summed E-state index contributed by atoms with van der Waals surface area (Å²) >= 11 is 0. The van der Waals surface area contributed by atoms with Gasteiger partial charge in [-0.1, -0.05) is 0 Å². The molecule has 2 aromatic heterocycles. The average Bonchev–Trinajstić information content (AvgIpc) is 2.23. The van der Waals surface area contributed by atoms with Crippen molar-refractivity contribution in [1.29, 1.82) is 0 Å². The standard InChI is InChI=1S/C8H8N4O3/c1-11-4-3-9-10-6(13)5(4)7(14)12(2)8(11)15/h3H,1-2H3,(H,10,13). The number of aromatic amines is 1. The van der Waals surface area contributed by atoms with Crippen molar-refractivity contribution >= 4 is 10.9 Å². The molecule has 0 bridgehead atoms. The van der Waals surface area contributed by atoms with Crippen LogP contribution in [-0.4, -0.2) is 19.3 Å². The fourth-order valence-corrected chi connectivity index (χ4v) is 1.43. The maximum Gasteiger partial charge on any atom is 0.330 e. The van der Waals surface area contributed by atoms with Crippen LogP contribution in [0.3, 0.4) is 0 Å². The summed E-state index contributed by atoms with van der Waals surface area (Å²) in [5.41, 5.74) is -1.47. The Morgan fingerprint density at radius 3 is 2.53 bits per heavy atom. The first-order chi connectivity index (χ1) is 7.04. The minimum Gasteiger partial charge on any atom is -0.294 e. The fourth-order valence-electron chi connectivity index (χ4n) is 1.43. The van der Waals surface area contributed by atoms with Crippen LogP contribution in [0.5, 0.6) is 0 Å². The van der Waals surface area contributed by atoms with Crippen molar-refractivity contribution in [2.24, 2.45) is 14.1 Å². The van der Waals surface area contributed by atoms with Crippen molar-refractivity contribution in [3.63, 3.8) is 0 Å². The lowest BCUT2D eigenvalue weighted by Crippen LogP contribution is -2.39. The molecule has 0 aliphatic heterocycles. The Morgan fingerprint density at radius 1 is 1.20 bits per heavy atom. The van der Waals surface area contributed by atoms with Gasteiger partial charge in [0.05, 0.1) is 11.7 Å². The molecule has 15 heavy (non-hydrogen) atoms. The third-order valence-electron chi connectivity index (χ3n) is 2.29. The largest absolute Gasteiger partial charge is 0.330 e. The predicted octanol–water partition coefficient (Wildman–Crippen LogP) is -1.68. The second-order valence-corrected chi connectivity index (χ2v) is 3.17. The molecule has 0 atom stereocenters. The molecule has 0 saturated heterocycles. The minimum absolute atomic E-state index is 0.0606. The number of nitrogens with one attached hydrogen (secondary N) is 1. The zero-order chi connectivity index (χ0) is 11.2. The van der Waals surface area contributed by atoms with Crippen molar-refractivity contribution in [2.75, 3.05) is 0 Å². The second-order valence-electron chi connectivity index (χ2n) is 3.17. The van der Waals surface area contributed by atoms with Crippen LogP contribution >= 0.6 is 0 Å². The smallest absolute Gasteiger partial charge is 0.294 e. The van der Waals surface area contributed by atoms with E-state index in [4.69, 9.17) is 0 Å². The Hall–Kier alpha value is -2.18. The lowest BCUT2D eigenvalue weighted by atomic mass is 10.3. The summed E-state index contributed by atoms with van der Waals surface area (Å²) < 4.78 is 2.09. The highest BCUT2D eigenvalue weighted by Crippen LogP contribution is 1.96. The first-order valence-electron chi connectivity index (χ1n) is 4.17. The predicted molar refractivity (Wildman–Crippen MR) is 52.8 cm³/mol. The Kier molecular flexibility index (Phi) is 1.82. The average molecular weight is 208 g/mol. The fraction of sp³-hybridized carbons (Fsp3) is 0.250. The van der Waals surface area contributed by atoms with E-state index in [1.165, 1.54) is 24.9 Å². The van der Waals surface area contributed by atoms with Crippen LogP contribution in [0.15, 0.2) is 20.6 Å². The molecule has 7 heteroatoms. The number of fused-ring (bicyclic) bond motifs is 1. The molecule has 0 spiro atoms.